The number of ether oxygens (including phenoxy) is 2. The molecular formula is C18H17N3O3. The van der Waals surface area contributed by atoms with Gasteiger partial charge in [0.05, 0.1) is 31.2 Å². The van der Waals surface area contributed by atoms with Crippen LogP contribution in [0.1, 0.15) is 5.56 Å². The Bertz CT molecular complexity index is 908. The van der Waals surface area contributed by atoms with Crippen molar-refractivity contribution in [2.75, 3.05) is 14.2 Å². The minimum absolute atomic E-state index is 0.231. The van der Waals surface area contributed by atoms with E-state index in [1.54, 1.807) is 20.4 Å². The van der Waals surface area contributed by atoms with Crippen LogP contribution in [0.2, 0.25) is 0 Å². The van der Waals surface area contributed by atoms with Gasteiger partial charge in [0.25, 0.3) is 5.56 Å². The topological polar surface area (TPSA) is 79.5 Å². The number of hydrogen-bond donors (Lipinski definition) is 2. The minimum Gasteiger partial charge on any atom is -0.497 e. The number of methoxy groups -OCH3 is 2. The molecule has 0 radical (unpaired) electrons. The van der Waals surface area contributed by atoms with Crippen LogP contribution >= 0.6 is 0 Å². The molecule has 0 aliphatic carbocycles. The molecule has 0 spiro atoms. The van der Waals surface area contributed by atoms with Crippen molar-refractivity contribution in [1.82, 2.24) is 10.2 Å². The molecule has 0 aliphatic rings. The van der Waals surface area contributed by atoms with Gasteiger partial charge in [-0.3, -0.25) is 20.0 Å². The van der Waals surface area contributed by atoms with Gasteiger partial charge in [-0.25, -0.2) is 0 Å². The first-order valence-electron chi connectivity index (χ1n) is 7.34. The number of hydrogen-bond acceptors (Lipinski definition) is 4. The van der Waals surface area contributed by atoms with Crippen LogP contribution in [0.25, 0.3) is 11.3 Å². The lowest BCUT2D eigenvalue weighted by molar-refractivity contribution is 0.415. The van der Waals surface area contributed by atoms with Crippen molar-refractivity contribution in [3.63, 3.8) is 0 Å². The highest BCUT2D eigenvalue weighted by Crippen LogP contribution is 2.23. The maximum Gasteiger partial charge on any atom is 0.273 e. The van der Waals surface area contributed by atoms with E-state index in [2.05, 4.69) is 15.2 Å². The van der Waals surface area contributed by atoms with Crippen molar-refractivity contribution in [2.45, 2.75) is 0 Å². The molecule has 1 heterocycles. The fourth-order valence-corrected chi connectivity index (χ4v) is 2.30. The molecule has 0 aliphatic heterocycles. The van der Waals surface area contributed by atoms with Crippen molar-refractivity contribution in [1.29, 1.82) is 0 Å². The Morgan fingerprint density at radius 1 is 0.958 bits per heavy atom. The van der Waals surface area contributed by atoms with Gasteiger partial charge in [0.2, 0.25) is 0 Å². The number of nitrogens with one attached hydrogen (secondary N) is 2. The normalized spacial score (nSPS) is 10.9. The molecule has 0 bridgehead atoms. The Kier molecular flexibility index (Phi) is 4.47. The first-order chi connectivity index (χ1) is 11.7. The number of H-pyrrole nitrogens is 2. The van der Waals surface area contributed by atoms with Gasteiger partial charge in [-0.05, 0) is 36.4 Å². The van der Waals surface area contributed by atoms with Gasteiger partial charge in [0.15, 0.2) is 0 Å². The third kappa shape index (κ3) is 3.22. The van der Waals surface area contributed by atoms with Crippen molar-refractivity contribution in [3.8, 4) is 22.8 Å². The molecule has 3 aromatic rings. The van der Waals surface area contributed by atoms with E-state index in [0.29, 0.717) is 17.0 Å². The molecule has 0 saturated carbocycles. The molecule has 122 valence electrons. The zero-order chi connectivity index (χ0) is 16.9. The number of aromatic nitrogens is 2. The monoisotopic (exact) mass is 323 g/mol. The molecule has 1 aromatic heterocycles. The van der Waals surface area contributed by atoms with Gasteiger partial charge in [0.1, 0.15) is 11.5 Å². The molecule has 2 aromatic carbocycles. The van der Waals surface area contributed by atoms with Gasteiger partial charge < -0.3 is 9.47 Å². The predicted octanol–water partition coefficient (Wildman–Crippen LogP) is 3.14. The van der Waals surface area contributed by atoms with E-state index in [1.807, 2.05) is 48.5 Å². The molecule has 6 nitrogen and oxygen atoms in total. The SMILES string of the molecule is COc1ccc(N=Cc2c(-c3cccc(OC)c3)[nH][nH]c2=O)cc1. The number of benzene rings is 2. The second-order valence-electron chi connectivity index (χ2n) is 5.06. The summed E-state index contributed by atoms with van der Waals surface area (Å²) in [5.74, 6) is 1.47. The molecule has 0 atom stereocenters. The van der Waals surface area contributed by atoms with Crippen LogP contribution in [-0.4, -0.2) is 30.6 Å². The van der Waals surface area contributed by atoms with Gasteiger partial charge in [-0.2, -0.15) is 0 Å². The van der Waals surface area contributed by atoms with Crippen molar-refractivity contribution < 1.29 is 9.47 Å². The second kappa shape index (κ2) is 6.87. The van der Waals surface area contributed by atoms with E-state index < -0.39 is 0 Å². The Balaban J connectivity index is 1.94. The lowest BCUT2D eigenvalue weighted by Crippen LogP contribution is -2.05. The van der Waals surface area contributed by atoms with E-state index in [4.69, 9.17) is 9.47 Å². The average molecular weight is 323 g/mol. The lowest BCUT2D eigenvalue weighted by atomic mass is 10.1. The lowest BCUT2D eigenvalue weighted by Gasteiger charge is -2.03. The summed E-state index contributed by atoms with van der Waals surface area (Å²) in [5.41, 5.74) is 2.46. The predicted molar refractivity (Wildman–Crippen MR) is 93.6 cm³/mol. The Labute approximate surface area is 138 Å². The van der Waals surface area contributed by atoms with Gasteiger partial charge in [0, 0.05) is 11.8 Å². The van der Waals surface area contributed by atoms with Crippen LogP contribution in [-0.2, 0) is 0 Å². The summed E-state index contributed by atoms with van der Waals surface area (Å²) < 4.78 is 10.3. The molecule has 2 N–H and O–H groups in total. The summed E-state index contributed by atoms with van der Waals surface area (Å²) in [6, 6.07) is 14.7. The summed E-state index contributed by atoms with van der Waals surface area (Å²) >= 11 is 0. The summed E-state index contributed by atoms with van der Waals surface area (Å²) in [7, 11) is 3.21. The molecule has 0 fully saturated rings. The molecule has 24 heavy (non-hydrogen) atoms. The fourth-order valence-electron chi connectivity index (χ4n) is 2.30. The standard InChI is InChI=1S/C18H17N3O3/c1-23-14-8-6-13(7-9-14)19-11-16-17(20-21-18(16)22)12-4-3-5-15(10-12)24-2/h3-11H,1-2H3,(H2,20,21,22). The summed E-state index contributed by atoms with van der Waals surface area (Å²) in [4.78, 5) is 16.4. The second-order valence-corrected chi connectivity index (χ2v) is 5.06. The van der Waals surface area contributed by atoms with Gasteiger partial charge in [-0.1, -0.05) is 12.1 Å². The third-order valence-corrected chi connectivity index (χ3v) is 3.59. The number of nitrogens with zero attached hydrogens (tertiary/aromatic N) is 1. The van der Waals surface area contributed by atoms with E-state index in [9.17, 15) is 4.79 Å². The average Bonchev–Trinajstić information content (AvgIpc) is 3.01. The number of aliphatic imine (C=N–C) groups is 1. The van der Waals surface area contributed by atoms with Crippen LogP contribution in [0.5, 0.6) is 11.5 Å². The zero-order valence-corrected chi connectivity index (χ0v) is 13.4. The van der Waals surface area contributed by atoms with E-state index >= 15 is 0 Å². The van der Waals surface area contributed by atoms with Crippen LogP contribution in [0.4, 0.5) is 5.69 Å². The smallest absolute Gasteiger partial charge is 0.273 e. The summed E-state index contributed by atoms with van der Waals surface area (Å²) in [6.45, 7) is 0. The largest absolute Gasteiger partial charge is 0.497 e. The zero-order valence-electron chi connectivity index (χ0n) is 13.4. The van der Waals surface area contributed by atoms with Crippen LogP contribution in [0, 0.1) is 0 Å². The Morgan fingerprint density at radius 2 is 1.71 bits per heavy atom. The third-order valence-electron chi connectivity index (χ3n) is 3.59. The van der Waals surface area contributed by atoms with Crippen molar-refractivity contribution in [3.05, 3.63) is 64.4 Å². The molecule has 0 amide bonds. The van der Waals surface area contributed by atoms with Gasteiger partial charge in [-0.15, -0.1) is 0 Å². The highest BCUT2D eigenvalue weighted by Gasteiger charge is 2.10. The first kappa shape index (κ1) is 15.6. The maximum absolute atomic E-state index is 12.1. The summed E-state index contributed by atoms with van der Waals surface area (Å²) in [5, 5.41) is 5.49. The highest BCUT2D eigenvalue weighted by atomic mass is 16.5. The number of aromatic amines is 2. The van der Waals surface area contributed by atoms with Crippen molar-refractivity contribution in [2.24, 2.45) is 4.99 Å². The van der Waals surface area contributed by atoms with Crippen LogP contribution < -0.4 is 15.0 Å². The molecule has 0 unspecified atom stereocenters. The Morgan fingerprint density at radius 3 is 2.42 bits per heavy atom. The minimum atomic E-state index is -0.231. The quantitative estimate of drug-likeness (QED) is 0.708. The number of rotatable bonds is 5. The molecule has 0 saturated heterocycles. The molecule has 6 heteroatoms. The Hall–Kier alpha value is -3.28. The highest BCUT2D eigenvalue weighted by molar-refractivity contribution is 5.90. The van der Waals surface area contributed by atoms with E-state index in [1.165, 1.54) is 0 Å². The van der Waals surface area contributed by atoms with Crippen LogP contribution in [0.15, 0.2) is 58.3 Å². The summed E-state index contributed by atoms with van der Waals surface area (Å²) in [6.07, 6.45) is 1.55. The van der Waals surface area contributed by atoms with Gasteiger partial charge >= 0.3 is 0 Å². The van der Waals surface area contributed by atoms with Crippen molar-refractivity contribution >= 4 is 11.9 Å². The van der Waals surface area contributed by atoms with E-state index in [-0.39, 0.29) is 5.56 Å². The maximum atomic E-state index is 12.1. The molecule has 3 rings (SSSR count). The van der Waals surface area contributed by atoms with Crippen LogP contribution in [0.3, 0.4) is 0 Å². The van der Waals surface area contributed by atoms with E-state index in [0.717, 1.165) is 17.0 Å². The first-order valence-corrected chi connectivity index (χ1v) is 7.34. The molecular weight excluding hydrogens is 306 g/mol. The fraction of sp³-hybridized carbons (Fsp3) is 0.111.